The van der Waals surface area contributed by atoms with Crippen LogP contribution in [0, 0.1) is 0 Å². The smallest absolute Gasteiger partial charge is 0.142 e. The van der Waals surface area contributed by atoms with Gasteiger partial charge in [-0.3, -0.25) is 4.79 Å². The van der Waals surface area contributed by atoms with Gasteiger partial charge in [-0.15, -0.1) is 11.8 Å². The molecule has 0 bridgehead atoms. The molecule has 0 amide bonds. The first kappa shape index (κ1) is 10.1. The van der Waals surface area contributed by atoms with Crippen molar-refractivity contribution in [3.63, 3.8) is 0 Å². The van der Waals surface area contributed by atoms with Gasteiger partial charge in [-0.05, 0) is 27.2 Å². The van der Waals surface area contributed by atoms with Crippen molar-refractivity contribution in [2.45, 2.75) is 43.8 Å². The zero-order chi connectivity index (χ0) is 9.14. The van der Waals surface area contributed by atoms with Crippen LogP contribution in [0.5, 0.6) is 0 Å². The lowest BCUT2D eigenvalue weighted by atomic mass is 10.3. The van der Waals surface area contributed by atoms with E-state index in [1.807, 2.05) is 6.92 Å². The Kier molecular flexibility index (Phi) is 3.59. The van der Waals surface area contributed by atoms with E-state index in [4.69, 9.17) is 4.74 Å². The molecule has 1 fully saturated rings. The van der Waals surface area contributed by atoms with Crippen molar-refractivity contribution in [2.75, 3.05) is 6.61 Å². The van der Waals surface area contributed by atoms with Crippen LogP contribution in [0.1, 0.15) is 27.2 Å². The Balaban J connectivity index is 2.35. The van der Waals surface area contributed by atoms with Gasteiger partial charge in [-0.1, -0.05) is 0 Å². The van der Waals surface area contributed by atoms with Crippen LogP contribution in [-0.4, -0.2) is 29.0 Å². The summed E-state index contributed by atoms with van der Waals surface area (Å²) in [6.45, 7) is 6.55. The van der Waals surface area contributed by atoms with Crippen molar-refractivity contribution in [1.82, 2.24) is 0 Å². The van der Waals surface area contributed by atoms with Crippen LogP contribution in [0.2, 0.25) is 0 Å². The summed E-state index contributed by atoms with van der Waals surface area (Å²) in [6, 6.07) is 0. The van der Waals surface area contributed by atoms with Crippen molar-refractivity contribution >= 4 is 17.5 Å². The highest BCUT2D eigenvalue weighted by molar-refractivity contribution is 8.01. The highest BCUT2D eigenvalue weighted by Crippen LogP contribution is 2.29. The molecule has 1 saturated heterocycles. The summed E-state index contributed by atoms with van der Waals surface area (Å²) in [4.78, 5) is 11.0. The third-order valence-electron chi connectivity index (χ3n) is 2.26. The Morgan fingerprint density at radius 3 is 2.75 bits per heavy atom. The normalized spacial score (nSPS) is 31.9. The molecule has 70 valence electrons. The number of ether oxygens (including phenoxy) is 1. The van der Waals surface area contributed by atoms with Gasteiger partial charge in [0.2, 0.25) is 0 Å². The maximum atomic E-state index is 11.0. The van der Waals surface area contributed by atoms with Gasteiger partial charge < -0.3 is 4.74 Å². The SMILES string of the molecule is CC(=O)C(C)SC1CCOC1C. The minimum atomic E-state index is 0.124. The molecule has 1 heterocycles. The number of carbonyl (C=O) groups excluding carboxylic acids is 1. The molecule has 1 aliphatic rings. The summed E-state index contributed by atoms with van der Waals surface area (Å²) in [5.41, 5.74) is 0. The molecule has 0 aromatic rings. The second kappa shape index (κ2) is 4.28. The quantitative estimate of drug-likeness (QED) is 0.676. The van der Waals surface area contributed by atoms with Crippen molar-refractivity contribution < 1.29 is 9.53 Å². The van der Waals surface area contributed by atoms with Crippen molar-refractivity contribution in [2.24, 2.45) is 0 Å². The van der Waals surface area contributed by atoms with Crippen LogP contribution in [0.15, 0.2) is 0 Å². The highest BCUT2D eigenvalue weighted by Gasteiger charge is 2.27. The lowest BCUT2D eigenvalue weighted by Crippen LogP contribution is -2.20. The molecular formula is C9H16O2S. The zero-order valence-electron chi connectivity index (χ0n) is 7.87. The molecule has 1 rings (SSSR count). The first-order chi connectivity index (χ1) is 5.61. The minimum Gasteiger partial charge on any atom is -0.377 e. The van der Waals surface area contributed by atoms with E-state index in [0.717, 1.165) is 13.0 Å². The molecule has 2 nitrogen and oxygen atoms in total. The predicted octanol–water partition coefficient (Wildman–Crippen LogP) is 1.87. The maximum Gasteiger partial charge on any atom is 0.142 e. The molecule has 0 radical (unpaired) electrons. The fraction of sp³-hybridized carbons (Fsp3) is 0.889. The van der Waals surface area contributed by atoms with Crippen LogP contribution in [0.25, 0.3) is 0 Å². The van der Waals surface area contributed by atoms with Crippen LogP contribution >= 0.6 is 11.8 Å². The molecule has 0 spiro atoms. The monoisotopic (exact) mass is 188 g/mol. The fourth-order valence-electron chi connectivity index (χ4n) is 1.25. The molecule has 0 N–H and O–H groups in total. The van der Waals surface area contributed by atoms with E-state index >= 15 is 0 Å². The fourth-order valence-corrected chi connectivity index (χ4v) is 2.50. The molecule has 3 atom stereocenters. The number of rotatable bonds is 3. The van der Waals surface area contributed by atoms with E-state index in [-0.39, 0.29) is 11.0 Å². The first-order valence-corrected chi connectivity index (χ1v) is 5.33. The van der Waals surface area contributed by atoms with Gasteiger partial charge in [-0.25, -0.2) is 0 Å². The molecule has 3 heteroatoms. The number of carbonyl (C=O) groups is 1. The number of hydrogen-bond donors (Lipinski definition) is 0. The van der Waals surface area contributed by atoms with E-state index in [0.29, 0.717) is 11.4 Å². The molecule has 0 aromatic carbocycles. The van der Waals surface area contributed by atoms with Crippen LogP contribution in [-0.2, 0) is 9.53 Å². The third-order valence-corrected chi connectivity index (χ3v) is 3.97. The molecule has 0 aliphatic carbocycles. The Bertz CT molecular complexity index is 170. The van der Waals surface area contributed by atoms with E-state index in [9.17, 15) is 4.79 Å². The summed E-state index contributed by atoms with van der Waals surface area (Å²) in [5.74, 6) is 0.263. The molecule has 3 unspecified atom stereocenters. The number of Topliss-reactive ketones (excluding diaryl/α,β-unsaturated/α-hetero) is 1. The Labute approximate surface area is 78.1 Å². The second-order valence-electron chi connectivity index (χ2n) is 3.29. The van der Waals surface area contributed by atoms with Crippen LogP contribution in [0.3, 0.4) is 0 Å². The summed E-state index contributed by atoms with van der Waals surface area (Å²) in [5, 5.41) is 0.642. The van der Waals surface area contributed by atoms with E-state index < -0.39 is 0 Å². The summed E-state index contributed by atoms with van der Waals surface area (Å²) >= 11 is 1.75. The number of ketones is 1. The lowest BCUT2D eigenvalue weighted by Gasteiger charge is -2.16. The van der Waals surface area contributed by atoms with Crippen LogP contribution < -0.4 is 0 Å². The van der Waals surface area contributed by atoms with Gasteiger partial charge in [-0.2, -0.15) is 0 Å². The number of thioether (sulfide) groups is 1. The van der Waals surface area contributed by atoms with Crippen molar-refractivity contribution in [1.29, 1.82) is 0 Å². The van der Waals surface area contributed by atoms with Gasteiger partial charge in [0.1, 0.15) is 5.78 Å². The molecule has 0 aromatic heterocycles. The number of hydrogen-bond acceptors (Lipinski definition) is 3. The zero-order valence-corrected chi connectivity index (χ0v) is 8.69. The summed E-state index contributed by atoms with van der Waals surface area (Å²) < 4.78 is 5.41. The van der Waals surface area contributed by atoms with E-state index in [1.54, 1.807) is 18.7 Å². The molecule has 0 saturated carbocycles. The predicted molar refractivity (Wildman–Crippen MR) is 51.6 cm³/mol. The minimum absolute atomic E-state index is 0.124. The largest absolute Gasteiger partial charge is 0.377 e. The average Bonchev–Trinajstić information content (AvgIpc) is 2.36. The Morgan fingerprint density at radius 1 is 1.67 bits per heavy atom. The van der Waals surface area contributed by atoms with Crippen molar-refractivity contribution in [3.8, 4) is 0 Å². The summed E-state index contributed by atoms with van der Waals surface area (Å²) in [7, 11) is 0. The van der Waals surface area contributed by atoms with E-state index in [2.05, 4.69) is 6.92 Å². The van der Waals surface area contributed by atoms with Gasteiger partial charge in [0.25, 0.3) is 0 Å². The van der Waals surface area contributed by atoms with Gasteiger partial charge in [0.15, 0.2) is 0 Å². The topological polar surface area (TPSA) is 26.3 Å². The standard InChI is InChI=1S/C9H16O2S/c1-6(10)8(3)12-9-4-5-11-7(9)2/h7-9H,4-5H2,1-3H3. The second-order valence-corrected chi connectivity index (χ2v) is 4.88. The van der Waals surface area contributed by atoms with E-state index in [1.165, 1.54) is 0 Å². The third kappa shape index (κ3) is 2.49. The molecule has 1 aliphatic heterocycles. The Hall–Kier alpha value is -0.0200. The lowest BCUT2D eigenvalue weighted by molar-refractivity contribution is -0.116. The van der Waals surface area contributed by atoms with Crippen molar-refractivity contribution in [3.05, 3.63) is 0 Å². The first-order valence-electron chi connectivity index (χ1n) is 4.38. The highest BCUT2D eigenvalue weighted by atomic mass is 32.2. The molecule has 12 heavy (non-hydrogen) atoms. The Morgan fingerprint density at radius 2 is 2.33 bits per heavy atom. The van der Waals surface area contributed by atoms with Crippen LogP contribution in [0.4, 0.5) is 0 Å². The van der Waals surface area contributed by atoms with Gasteiger partial charge >= 0.3 is 0 Å². The summed E-state index contributed by atoms with van der Waals surface area (Å²) in [6.07, 6.45) is 1.40. The molecular weight excluding hydrogens is 172 g/mol. The average molecular weight is 188 g/mol. The van der Waals surface area contributed by atoms with Gasteiger partial charge in [0, 0.05) is 11.9 Å². The maximum absolute atomic E-state index is 11.0. The van der Waals surface area contributed by atoms with Gasteiger partial charge in [0.05, 0.1) is 11.4 Å².